The molecule has 0 bridgehead atoms. The molecule has 0 aliphatic carbocycles. The third-order valence-corrected chi connectivity index (χ3v) is 2.40. The smallest absolute Gasteiger partial charge is 0.305 e. The maximum Gasteiger partial charge on any atom is 0.305 e. The molecule has 0 fully saturated rings. The van der Waals surface area contributed by atoms with Crippen LogP contribution in [0.5, 0.6) is 0 Å². The van der Waals surface area contributed by atoms with E-state index in [0.29, 0.717) is 6.42 Å². The van der Waals surface area contributed by atoms with Crippen LogP contribution in [0.3, 0.4) is 0 Å². The van der Waals surface area contributed by atoms with E-state index in [1.807, 2.05) is 6.08 Å². The first-order valence-corrected chi connectivity index (χ1v) is 5.82. The first-order valence-electron chi connectivity index (χ1n) is 5.82. The zero-order chi connectivity index (χ0) is 11.4. The van der Waals surface area contributed by atoms with E-state index in [1.165, 1.54) is 32.8 Å². The number of carbonyl (C=O) groups is 1. The zero-order valence-corrected chi connectivity index (χ0v) is 9.84. The molecule has 0 aliphatic heterocycles. The van der Waals surface area contributed by atoms with Crippen LogP contribution in [0, 0.1) is 6.42 Å². The van der Waals surface area contributed by atoms with Crippen LogP contribution in [0.25, 0.3) is 0 Å². The summed E-state index contributed by atoms with van der Waals surface area (Å²) < 4.78 is 4.57. The van der Waals surface area contributed by atoms with Crippen molar-refractivity contribution in [1.82, 2.24) is 0 Å². The Kier molecular flexibility index (Phi) is 10.7. The van der Waals surface area contributed by atoms with Crippen LogP contribution in [0.15, 0.2) is 12.7 Å². The lowest BCUT2D eigenvalue weighted by molar-refractivity contribution is -0.140. The van der Waals surface area contributed by atoms with Gasteiger partial charge < -0.3 is 4.74 Å². The molecule has 0 unspecified atom stereocenters. The Hall–Kier alpha value is -0.790. The summed E-state index contributed by atoms with van der Waals surface area (Å²) in [4.78, 5) is 10.8. The summed E-state index contributed by atoms with van der Waals surface area (Å²) in [5.74, 6) is -0.0874. The molecule has 0 aromatic rings. The summed E-state index contributed by atoms with van der Waals surface area (Å²) in [6.07, 6.45) is 12.8. The van der Waals surface area contributed by atoms with Gasteiger partial charge >= 0.3 is 5.97 Å². The van der Waals surface area contributed by atoms with Crippen molar-refractivity contribution in [2.75, 3.05) is 7.11 Å². The van der Waals surface area contributed by atoms with Crippen LogP contribution in [0.2, 0.25) is 0 Å². The fourth-order valence-electron chi connectivity index (χ4n) is 1.46. The quantitative estimate of drug-likeness (QED) is 0.407. The van der Waals surface area contributed by atoms with Gasteiger partial charge in [-0.25, -0.2) is 0 Å². The number of hydrogen-bond acceptors (Lipinski definition) is 2. The summed E-state index contributed by atoms with van der Waals surface area (Å²) in [6.45, 7) is 3.64. The summed E-state index contributed by atoms with van der Waals surface area (Å²) >= 11 is 0. The maximum absolute atomic E-state index is 10.8. The van der Waals surface area contributed by atoms with Gasteiger partial charge in [-0.15, -0.1) is 6.58 Å². The van der Waals surface area contributed by atoms with Crippen molar-refractivity contribution in [2.24, 2.45) is 0 Å². The molecular formula is C13H23O2. The molecule has 0 saturated carbocycles. The summed E-state index contributed by atoms with van der Waals surface area (Å²) in [5, 5.41) is 0. The number of rotatable bonds is 10. The van der Waals surface area contributed by atoms with E-state index in [0.717, 1.165) is 19.3 Å². The van der Waals surface area contributed by atoms with Crippen molar-refractivity contribution >= 4 is 5.97 Å². The first kappa shape index (κ1) is 14.2. The average Bonchev–Trinajstić information content (AvgIpc) is 2.26. The second kappa shape index (κ2) is 11.3. The minimum absolute atomic E-state index is 0.0874. The number of methoxy groups -OCH3 is 1. The van der Waals surface area contributed by atoms with E-state index in [4.69, 9.17) is 0 Å². The minimum Gasteiger partial charge on any atom is -0.469 e. The van der Waals surface area contributed by atoms with E-state index >= 15 is 0 Å². The summed E-state index contributed by atoms with van der Waals surface area (Å²) in [5.41, 5.74) is 0. The van der Waals surface area contributed by atoms with Crippen LogP contribution >= 0.6 is 0 Å². The van der Waals surface area contributed by atoms with Crippen molar-refractivity contribution < 1.29 is 9.53 Å². The molecule has 0 aromatic heterocycles. The molecular weight excluding hydrogens is 188 g/mol. The summed E-state index contributed by atoms with van der Waals surface area (Å²) in [6, 6.07) is 0. The van der Waals surface area contributed by atoms with Crippen LogP contribution in [-0.2, 0) is 9.53 Å². The van der Waals surface area contributed by atoms with Gasteiger partial charge in [-0.2, -0.15) is 0 Å². The Morgan fingerprint density at radius 1 is 1.13 bits per heavy atom. The maximum atomic E-state index is 10.8. The lowest BCUT2D eigenvalue weighted by Crippen LogP contribution is -1.99. The second-order valence-corrected chi connectivity index (χ2v) is 3.71. The van der Waals surface area contributed by atoms with Gasteiger partial charge in [-0.1, -0.05) is 38.2 Å². The molecule has 0 N–H and O–H groups in total. The number of unbranched alkanes of at least 4 members (excludes halogenated alkanes) is 7. The number of esters is 1. The van der Waals surface area contributed by atoms with Crippen molar-refractivity contribution in [3.63, 3.8) is 0 Å². The molecule has 0 atom stereocenters. The predicted molar refractivity (Wildman–Crippen MR) is 63.4 cm³/mol. The summed E-state index contributed by atoms with van der Waals surface area (Å²) in [7, 11) is 1.44. The molecule has 2 nitrogen and oxygen atoms in total. The average molecular weight is 211 g/mol. The van der Waals surface area contributed by atoms with E-state index in [1.54, 1.807) is 0 Å². The molecule has 0 saturated heterocycles. The lowest BCUT2D eigenvalue weighted by Gasteiger charge is -2.00. The Morgan fingerprint density at radius 2 is 1.73 bits per heavy atom. The van der Waals surface area contributed by atoms with Gasteiger partial charge in [-0.05, 0) is 19.3 Å². The van der Waals surface area contributed by atoms with Crippen LogP contribution in [-0.4, -0.2) is 13.1 Å². The fourth-order valence-corrected chi connectivity index (χ4v) is 1.46. The standard InChI is InChI=1S/C13H23O2/c1-3-4-5-6-7-8-9-10-11-12-13(14)15-2/h3-4H,1,5-12H2,2H3. The number of ether oxygens (including phenoxy) is 1. The Bertz CT molecular complexity index is 164. The monoisotopic (exact) mass is 211 g/mol. The highest BCUT2D eigenvalue weighted by atomic mass is 16.5. The minimum atomic E-state index is -0.0874. The van der Waals surface area contributed by atoms with E-state index < -0.39 is 0 Å². The Morgan fingerprint density at radius 3 is 2.33 bits per heavy atom. The topological polar surface area (TPSA) is 26.3 Å². The predicted octanol–water partition coefficient (Wildman–Crippen LogP) is 3.67. The van der Waals surface area contributed by atoms with Crippen molar-refractivity contribution in [3.05, 3.63) is 19.1 Å². The normalized spacial score (nSPS) is 9.93. The highest BCUT2D eigenvalue weighted by molar-refractivity contribution is 5.68. The second-order valence-electron chi connectivity index (χ2n) is 3.71. The fraction of sp³-hybridized carbons (Fsp3) is 0.692. The highest BCUT2D eigenvalue weighted by Gasteiger charge is 1.98. The molecule has 87 valence electrons. The third kappa shape index (κ3) is 11.1. The van der Waals surface area contributed by atoms with Crippen molar-refractivity contribution in [1.29, 1.82) is 0 Å². The van der Waals surface area contributed by atoms with Crippen LogP contribution in [0.4, 0.5) is 0 Å². The molecule has 15 heavy (non-hydrogen) atoms. The Balaban J connectivity index is 2.98. The highest BCUT2D eigenvalue weighted by Crippen LogP contribution is 2.09. The van der Waals surface area contributed by atoms with Gasteiger partial charge in [-0.3, -0.25) is 4.79 Å². The largest absolute Gasteiger partial charge is 0.469 e. The number of hydrogen-bond donors (Lipinski definition) is 0. The molecule has 0 spiro atoms. The molecule has 0 aliphatic rings. The van der Waals surface area contributed by atoms with Gasteiger partial charge in [0.2, 0.25) is 0 Å². The van der Waals surface area contributed by atoms with E-state index in [-0.39, 0.29) is 5.97 Å². The molecule has 0 aromatic carbocycles. The van der Waals surface area contributed by atoms with Crippen molar-refractivity contribution in [2.45, 2.75) is 51.4 Å². The van der Waals surface area contributed by atoms with Gasteiger partial charge in [0, 0.05) is 6.42 Å². The number of allylic oxidation sites excluding steroid dienone is 1. The van der Waals surface area contributed by atoms with Gasteiger partial charge in [0.25, 0.3) is 0 Å². The Labute approximate surface area is 93.7 Å². The van der Waals surface area contributed by atoms with Crippen molar-refractivity contribution in [3.8, 4) is 0 Å². The van der Waals surface area contributed by atoms with E-state index in [9.17, 15) is 4.79 Å². The molecule has 0 heterocycles. The van der Waals surface area contributed by atoms with Gasteiger partial charge in [0.05, 0.1) is 7.11 Å². The van der Waals surface area contributed by atoms with E-state index in [2.05, 4.69) is 17.7 Å². The molecule has 0 rings (SSSR count). The first-order chi connectivity index (χ1) is 7.31. The van der Waals surface area contributed by atoms with Gasteiger partial charge in [0.1, 0.15) is 0 Å². The molecule has 0 amide bonds. The zero-order valence-electron chi connectivity index (χ0n) is 9.84. The SMILES string of the molecule is C=C[CH]CCCCCCCCC(=O)OC. The van der Waals surface area contributed by atoms with Crippen LogP contribution in [0.1, 0.15) is 51.4 Å². The number of carbonyl (C=O) groups excluding carboxylic acids is 1. The third-order valence-electron chi connectivity index (χ3n) is 2.40. The molecule has 2 heteroatoms. The molecule has 1 radical (unpaired) electrons. The van der Waals surface area contributed by atoms with Crippen LogP contribution < -0.4 is 0 Å². The lowest BCUT2D eigenvalue weighted by atomic mass is 10.1. The van der Waals surface area contributed by atoms with Gasteiger partial charge in [0.15, 0.2) is 0 Å².